The third-order valence-electron chi connectivity index (χ3n) is 2.37. The number of nitrogens with zero attached hydrogens (tertiary/aromatic N) is 2. The molecule has 0 fully saturated rings. The van der Waals surface area contributed by atoms with Crippen LogP contribution in [0.3, 0.4) is 0 Å². The molecule has 1 aromatic rings. The van der Waals surface area contributed by atoms with Gasteiger partial charge in [-0.3, -0.25) is 4.68 Å². The number of fused-ring (bicyclic) bond motifs is 1. The van der Waals surface area contributed by atoms with Crippen LogP contribution in [0.15, 0.2) is 4.47 Å². The molecule has 2 rings (SSSR count). The van der Waals surface area contributed by atoms with Crippen LogP contribution in [-0.2, 0) is 17.7 Å². The Balaban J connectivity index is 2.25. The van der Waals surface area contributed by atoms with Crippen LogP contribution in [0.4, 0.5) is 0 Å². The molecule has 1 aliphatic rings. The number of rotatable bonds is 1. The zero-order valence-electron chi connectivity index (χ0n) is 9.71. The van der Waals surface area contributed by atoms with Gasteiger partial charge in [0.1, 0.15) is 5.60 Å². The van der Waals surface area contributed by atoms with Gasteiger partial charge in [-0.05, 0) is 49.5 Å². The molecule has 2 heterocycles. The van der Waals surface area contributed by atoms with E-state index in [9.17, 15) is 4.79 Å². The van der Waals surface area contributed by atoms with Crippen LogP contribution >= 0.6 is 15.9 Å². The third kappa shape index (κ3) is 2.14. The predicted molar refractivity (Wildman–Crippen MR) is 63.4 cm³/mol. The SMILES string of the molecule is CC(C)(C)OC(=O)c1nn2c(c1Br)CCC2. The molecule has 0 saturated heterocycles. The molecular weight excluding hydrogens is 272 g/mol. The van der Waals surface area contributed by atoms with E-state index >= 15 is 0 Å². The number of hydrogen-bond acceptors (Lipinski definition) is 3. The van der Waals surface area contributed by atoms with Crippen molar-refractivity contribution in [2.45, 2.75) is 45.8 Å². The van der Waals surface area contributed by atoms with Crippen molar-refractivity contribution in [3.63, 3.8) is 0 Å². The average Bonchev–Trinajstić information content (AvgIpc) is 2.66. The van der Waals surface area contributed by atoms with Gasteiger partial charge >= 0.3 is 5.97 Å². The lowest BCUT2D eigenvalue weighted by Crippen LogP contribution is -2.24. The van der Waals surface area contributed by atoms with Gasteiger partial charge in [0.15, 0.2) is 5.69 Å². The van der Waals surface area contributed by atoms with E-state index in [0.29, 0.717) is 5.69 Å². The first kappa shape index (κ1) is 11.6. The number of carbonyl (C=O) groups is 1. The molecule has 0 spiro atoms. The topological polar surface area (TPSA) is 44.1 Å². The van der Waals surface area contributed by atoms with Crippen molar-refractivity contribution in [1.29, 1.82) is 0 Å². The zero-order valence-corrected chi connectivity index (χ0v) is 11.3. The highest BCUT2D eigenvalue weighted by Crippen LogP contribution is 2.28. The van der Waals surface area contributed by atoms with Crippen LogP contribution in [-0.4, -0.2) is 21.4 Å². The molecular formula is C11H15BrN2O2. The van der Waals surface area contributed by atoms with Gasteiger partial charge in [0.05, 0.1) is 10.2 Å². The van der Waals surface area contributed by atoms with Crippen molar-refractivity contribution >= 4 is 21.9 Å². The van der Waals surface area contributed by atoms with E-state index in [0.717, 1.165) is 29.6 Å². The second kappa shape index (κ2) is 3.87. The maximum atomic E-state index is 11.9. The van der Waals surface area contributed by atoms with E-state index < -0.39 is 5.60 Å². The molecule has 1 aromatic heterocycles. The zero-order chi connectivity index (χ0) is 11.9. The molecule has 0 saturated carbocycles. The minimum Gasteiger partial charge on any atom is -0.455 e. The summed E-state index contributed by atoms with van der Waals surface area (Å²) < 4.78 is 7.97. The van der Waals surface area contributed by atoms with Gasteiger partial charge in [-0.15, -0.1) is 0 Å². The lowest BCUT2D eigenvalue weighted by Gasteiger charge is -2.18. The Hall–Kier alpha value is -0.840. The molecule has 5 heteroatoms. The number of hydrogen-bond donors (Lipinski definition) is 0. The normalized spacial score (nSPS) is 15.0. The smallest absolute Gasteiger partial charge is 0.360 e. The summed E-state index contributed by atoms with van der Waals surface area (Å²) in [6.45, 7) is 6.43. The van der Waals surface area contributed by atoms with E-state index in [-0.39, 0.29) is 5.97 Å². The highest BCUT2D eigenvalue weighted by molar-refractivity contribution is 9.10. The van der Waals surface area contributed by atoms with Crippen LogP contribution < -0.4 is 0 Å². The number of ether oxygens (including phenoxy) is 1. The quantitative estimate of drug-likeness (QED) is 0.746. The number of esters is 1. The molecule has 0 unspecified atom stereocenters. The molecule has 0 bridgehead atoms. The van der Waals surface area contributed by atoms with E-state index in [2.05, 4.69) is 21.0 Å². The lowest BCUT2D eigenvalue weighted by molar-refractivity contribution is 0.00608. The minimum atomic E-state index is -0.482. The first-order valence-electron chi connectivity index (χ1n) is 5.37. The van der Waals surface area contributed by atoms with Gasteiger partial charge in [0.25, 0.3) is 0 Å². The molecule has 16 heavy (non-hydrogen) atoms. The Kier molecular flexibility index (Phi) is 2.82. The van der Waals surface area contributed by atoms with E-state index in [1.807, 2.05) is 25.5 Å². The lowest BCUT2D eigenvalue weighted by atomic mass is 10.2. The summed E-state index contributed by atoms with van der Waals surface area (Å²) >= 11 is 3.43. The van der Waals surface area contributed by atoms with Gasteiger partial charge in [-0.2, -0.15) is 5.10 Å². The first-order chi connectivity index (χ1) is 7.38. The number of aromatic nitrogens is 2. The molecule has 0 amide bonds. The second-order valence-corrected chi connectivity index (χ2v) is 5.73. The maximum Gasteiger partial charge on any atom is 0.360 e. The minimum absolute atomic E-state index is 0.360. The van der Waals surface area contributed by atoms with Gasteiger partial charge < -0.3 is 4.74 Å². The second-order valence-electron chi connectivity index (χ2n) is 4.94. The van der Waals surface area contributed by atoms with Crippen LogP contribution in [0, 0.1) is 0 Å². The van der Waals surface area contributed by atoms with Gasteiger partial charge in [-0.25, -0.2) is 4.79 Å². The molecule has 0 N–H and O–H groups in total. The Bertz CT molecular complexity index is 432. The Labute approximate surface area is 103 Å². The monoisotopic (exact) mass is 286 g/mol. The van der Waals surface area contributed by atoms with Crippen molar-refractivity contribution in [3.05, 3.63) is 15.9 Å². The maximum absolute atomic E-state index is 11.9. The standard InChI is InChI=1S/C11H15BrN2O2/c1-11(2,3)16-10(15)9-8(12)7-5-4-6-14(7)13-9/h4-6H2,1-3H3. The third-order valence-corrected chi connectivity index (χ3v) is 3.20. The van der Waals surface area contributed by atoms with E-state index in [1.54, 1.807) is 0 Å². The van der Waals surface area contributed by atoms with Crippen molar-refractivity contribution in [2.24, 2.45) is 0 Å². The van der Waals surface area contributed by atoms with Crippen molar-refractivity contribution in [3.8, 4) is 0 Å². The Morgan fingerprint density at radius 1 is 1.50 bits per heavy atom. The summed E-state index contributed by atoms with van der Waals surface area (Å²) in [5.74, 6) is -0.360. The molecule has 4 nitrogen and oxygen atoms in total. The van der Waals surface area contributed by atoms with Gasteiger partial charge in [0, 0.05) is 6.54 Å². The highest BCUT2D eigenvalue weighted by Gasteiger charge is 2.27. The number of aryl methyl sites for hydroxylation is 1. The first-order valence-corrected chi connectivity index (χ1v) is 6.16. The molecule has 1 aliphatic heterocycles. The van der Waals surface area contributed by atoms with E-state index in [4.69, 9.17) is 4.74 Å². The molecule has 0 aliphatic carbocycles. The van der Waals surface area contributed by atoms with Crippen molar-refractivity contribution < 1.29 is 9.53 Å². The summed E-state index contributed by atoms with van der Waals surface area (Å²) in [6, 6.07) is 0. The van der Waals surface area contributed by atoms with Gasteiger partial charge in [-0.1, -0.05) is 0 Å². The van der Waals surface area contributed by atoms with Gasteiger partial charge in [0.2, 0.25) is 0 Å². The fraction of sp³-hybridized carbons (Fsp3) is 0.636. The summed E-state index contributed by atoms with van der Waals surface area (Å²) in [5.41, 5.74) is 1.01. The molecule has 0 radical (unpaired) electrons. The van der Waals surface area contributed by atoms with Crippen molar-refractivity contribution in [1.82, 2.24) is 9.78 Å². The van der Waals surface area contributed by atoms with Crippen LogP contribution in [0.2, 0.25) is 0 Å². The molecule has 0 atom stereocenters. The average molecular weight is 287 g/mol. The van der Waals surface area contributed by atoms with Crippen LogP contribution in [0.1, 0.15) is 43.4 Å². The van der Waals surface area contributed by atoms with E-state index in [1.165, 1.54) is 0 Å². The highest BCUT2D eigenvalue weighted by atomic mass is 79.9. The molecule has 0 aromatic carbocycles. The Morgan fingerprint density at radius 3 is 2.75 bits per heavy atom. The molecule has 88 valence electrons. The van der Waals surface area contributed by atoms with Crippen molar-refractivity contribution in [2.75, 3.05) is 0 Å². The van der Waals surface area contributed by atoms with Crippen LogP contribution in [0.25, 0.3) is 0 Å². The summed E-state index contributed by atoms with van der Waals surface area (Å²) in [4.78, 5) is 11.9. The largest absolute Gasteiger partial charge is 0.455 e. The number of carbonyl (C=O) groups excluding carboxylic acids is 1. The summed E-state index contributed by atoms with van der Waals surface area (Å²) in [5, 5.41) is 4.27. The summed E-state index contributed by atoms with van der Waals surface area (Å²) in [7, 11) is 0. The summed E-state index contributed by atoms with van der Waals surface area (Å²) in [6.07, 6.45) is 2.06. The fourth-order valence-corrected chi connectivity index (χ4v) is 2.40. The Morgan fingerprint density at radius 2 is 2.19 bits per heavy atom. The van der Waals surface area contributed by atoms with Crippen LogP contribution in [0.5, 0.6) is 0 Å². The number of halogens is 1. The fourth-order valence-electron chi connectivity index (χ4n) is 1.75. The predicted octanol–water partition coefficient (Wildman–Crippen LogP) is 2.55.